The molecule has 0 unspecified atom stereocenters. The molecular weight excluding hydrogens is 219 g/mol. The van der Waals surface area contributed by atoms with Gasteiger partial charge in [-0.1, -0.05) is 12.8 Å². The van der Waals surface area contributed by atoms with Crippen molar-refractivity contribution in [3.05, 3.63) is 29.6 Å². The maximum absolute atomic E-state index is 13.2. The first-order valence-corrected chi connectivity index (χ1v) is 5.87. The van der Waals surface area contributed by atoms with Gasteiger partial charge in [-0.15, -0.1) is 0 Å². The highest BCUT2D eigenvalue weighted by Crippen LogP contribution is 2.28. The fourth-order valence-corrected chi connectivity index (χ4v) is 2.30. The third kappa shape index (κ3) is 2.64. The minimum atomic E-state index is -0.778. The van der Waals surface area contributed by atoms with E-state index in [0.29, 0.717) is 18.5 Å². The molecule has 0 aromatic heterocycles. The Hall–Kier alpha value is -1.42. The number of halogens is 1. The van der Waals surface area contributed by atoms with Crippen LogP contribution in [-0.2, 0) is 4.79 Å². The van der Waals surface area contributed by atoms with E-state index in [1.807, 2.05) is 0 Å². The highest BCUT2D eigenvalue weighted by molar-refractivity contribution is 5.98. The number of nitrogens with one attached hydrogen (secondary N) is 1. The average Bonchev–Trinajstić information content (AvgIpc) is 2.64. The van der Waals surface area contributed by atoms with Gasteiger partial charge in [0, 0.05) is 5.69 Å². The van der Waals surface area contributed by atoms with Crippen LogP contribution in [0.3, 0.4) is 0 Å². The van der Waals surface area contributed by atoms with Crippen molar-refractivity contribution < 1.29 is 9.18 Å². The standard InChI is InChI=1S/C13H17FN2O/c1-9-6-10(14)8-11(7-9)16-12(17)13(15)4-2-3-5-13/h6-8H,2-5,15H2,1H3,(H,16,17). The van der Waals surface area contributed by atoms with Gasteiger partial charge >= 0.3 is 0 Å². The van der Waals surface area contributed by atoms with Crippen LogP contribution in [0.15, 0.2) is 18.2 Å². The first kappa shape index (κ1) is 12.0. The molecule has 4 heteroatoms. The Kier molecular flexibility index (Phi) is 3.15. The maximum Gasteiger partial charge on any atom is 0.244 e. The summed E-state index contributed by atoms with van der Waals surface area (Å²) in [7, 11) is 0. The topological polar surface area (TPSA) is 55.1 Å². The van der Waals surface area contributed by atoms with Crippen LogP contribution < -0.4 is 11.1 Å². The van der Waals surface area contributed by atoms with Crippen molar-refractivity contribution in [2.75, 3.05) is 5.32 Å². The summed E-state index contributed by atoms with van der Waals surface area (Å²) in [4.78, 5) is 12.0. The number of nitrogens with two attached hydrogens (primary N) is 1. The van der Waals surface area contributed by atoms with Crippen molar-refractivity contribution in [1.29, 1.82) is 0 Å². The molecule has 3 N–H and O–H groups in total. The lowest BCUT2D eigenvalue weighted by Gasteiger charge is -2.22. The number of amides is 1. The van der Waals surface area contributed by atoms with Crippen molar-refractivity contribution in [3.8, 4) is 0 Å². The summed E-state index contributed by atoms with van der Waals surface area (Å²) in [6.07, 6.45) is 3.36. The molecule has 0 atom stereocenters. The molecule has 0 radical (unpaired) electrons. The largest absolute Gasteiger partial charge is 0.324 e. The molecule has 1 saturated carbocycles. The molecule has 3 nitrogen and oxygen atoms in total. The molecule has 1 fully saturated rings. The van der Waals surface area contributed by atoms with E-state index in [0.717, 1.165) is 18.4 Å². The molecule has 17 heavy (non-hydrogen) atoms. The Balaban J connectivity index is 2.12. The maximum atomic E-state index is 13.2. The summed E-state index contributed by atoms with van der Waals surface area (Å²) in [5.74, 6) is -0.558. The zero-order valence-electron chi connectivity index (χ0n) is 9.92. The Bertz CT molecular complexity index is 419. The molecule has 1 aromatic rings. The van der Waals surface area contributed by atoms with Crippen molar-refractivity contribution in [3.63, 3.8) is 0 Å². The number of carbonyl (C=O) groups excluding carboxylic acids is 1. The third-order valence-corrected chi connectivity index (χ3v) is 3.25. The van der Waals surface area contributed by atoms with Gasteiger partial charge in [0.05, 0.1) is 5.54 Å². The lowest BCUT2D eigenvalue weighted by molar-refractivity contribution is -0.121. The Morgan fingerprint density at radius 1 is 1.35 bits per heavy atom. The summed E-state index contributed by atoms with van der Waals surface area (Å²) in [5, 5.41) is 2.70. The Labute approximate surface area is 100 Å². The third-order valence-electron chi connectivity index (χ3n) is 3.25. The Morgan fingerprint density at radius 2 is 2.00 bits per heavy atom. The highest BCUT2D eigenvalue weighted by atomic mass is 19.1. The lowest BCUT2D eigenvalue weighted by atomic mass is 9.98. The number of rotatable bonds is 2. The molecule has 1 aliphatic carbocycles. The molecule has 1 aromatic carbocycles. The summed E-state index contributed by atoms with van der Waals surface area (Å²) < 4.78 is 13.2. The van der Waals surface area contributed by atoms with Crippen molar-refractivity contribution in [1.82, 2.24) is 0 Å². The second-order valence-corrected chi connectivity index (χ2v) is 4.83. The molecule has 92 valence electrons. The van der Waals surface area contributed by atoms with Gasteiger partial charge in [-0.3, -0.25) is 4.79 Å². The van der Waals surface area contributed by atoms with Crippen LogP contribution in [0.4, 0.5) is 10.1 Å². The second kappa shape index (κ2) is 4.45. The molecule has 0 spiro atoms. The van der Waals surface area contributed by atoms with Crippen molar-refractivity contribution >= 4 is 11.6 Å². The van der Waals surface area contributed by atoms with Crippen LogP contribution in [0, 0.1) is 12.7 Å². The van der Waals surface area contributed by atoms with Gasteiger partial charge in [-0.05, 0) is 43.5 Å². The fourth-order valence-electron chi connectivity index (χ4n) is 2.30. The monoisotopic (exact) mass is 236 g/mol. The van der Waals surface area contributed by atoms with Crippen LogP contribution in [0.25, 0.3) is 0 Å². The highest BCUT2D eigenvalue weighted by Gasteiger charge is 2.36. The minimum Gasteiger partial charge on any atom is -0.324 e. The van der Waals surface area contributed by atoms with Crippen LogP contribution in [0.1, 0.15) is 31.2 Å². The molecule has 0 aliphatic heterocycles. The quantitative estimate of drug-likeness (QED) is 0.828. The molecule has 0 bridgehead atoms. The minimum absolute atomic E-state index is 0.208. The molecule has 1 amide bonds. The van der Waals surface area contributed by atoms with E-state index in [2.05, 4.69) is 5.32 Å². The van der Waals surface area contributed by atoms with E-state index in [1.54, 1.807) is 13.0 Å². The average molecular weight is 236 g/mol. The number of anilines is 1. The lowest BCUT2D eigenvalue weighted by Crippen LogP contribution is -2.48. The summed E-state index contributed by atoms with van der Waals surface area (Å²) >= 11 is 0. The van der Waals surface area contributed by atoms with E-state index in [9.17, 15) is 9.18 Å². The smallest absolute Gasteiger partial charge is 0.244 e. The molecule has 0 saturated heterocycles. The van der Waals surface area contributed by atoms with Crippen LogP contribution in [0.5, 0.6) is 0 Å². The first-order chi connectivity index (χ1) is 7.99. The molecular formula is C13H17FN2O. The van der Waals surface area contributed by atoms with E-state index in [4.69, 9.17) is 5.73 Å². The summed E-state index contributed by atoms with van der Waals surface area (Å²) in [6.45, 7) is 1.78. The number of carbonyl (C=O) groups is 1. The van der Waals surface area contributed by atoms with Crippen molar-refractivity contribution in [2.45, 2.75) is 38.1 Å². The van der Waals surface area contributed by atoms with Gasteiger partial charge in [0.1, 0.15) is 5.82 Å². The van der Waals surface area contributed by atoms with Crippen molar-refractivity contribution in [2.24, 2.45) is 5.73 Å². The molecule has 1 aliphatic rings. The Morgan fingerprint density at radius 3 is 2.59 bits per heavy atom. The van der Waals surface area contributed by atoms with Crippen LogP contribution >= 0.6 is 0 Å². The normalized spacial score (nSPS) is 18.1. The number of aryl methyl sites for hydroxylation is 1. The SMILES string of the molecule is Cc1cc(F)cc(NC(=O)C2(N)CCCC2)c1. The summed E-state index contributed by atoms with van der Waals surface area (Å²) in [5.41, 5.74) is 6.50. The van der Waals surface area contributed by atoms with Crippen LogP contribution in [-0.4, -0.2) is 11.4 Å². The van der Waals surface area contributed by atoms with E-state index in [-0.39, 0.29) is 11.7 Å². The number of hydrogen-bond donors (Lipinski definition) is 2. The van der Waals surface area contributed by atoms with Gasteiger partial charge in [0.2, 0.25) is 5.91 Å². The molecule has 0 heterocycles. The second-order valence-electron chi connectivity index (χ2n) is 4.83. The number of hydrogen-bond acceptors (Lipinski definition) is 2. The fraction of sp³-hybridized carbons (Fsp3) is 0.462. The van der Waals surface area contributed by atoms with Gasteiger partial charge in [0.25, 0.3) is 0 Å². The predicted octanol–water partition coefficient (Wildman–Crippen LogP) is 2.34. The summed E-state index contributed by atoms with van der Waals surface area (Å²) in [6, 6.07) is 4.46. The predicted molar refractivity (Wildman–Crippen MR) is 65.2 cm³/mol. The van der Waals surface area contributed by atoms with E-state index < -0.39 is 5.54 Å². The van der Waals surface area contributed by atoms with Gasteiger partial charge in [-0.2, -0.15) is 0 Å². The van der Waals surface area contributed by atoms with Gasteiger partial charge in [0.15, 0.2) is 0 Å². The zero-order valence-corrected chi connectivity index (χ0v) is 9.92. The van der Waals surface area contributed by atoms with Gasteiger partial charge < -0.3 is 11.1 Å². The van der Waals surface area contributed by atoms with Gasteiger partial charge in [-0.25, -0.2) is 4.39 Å². The molecule has 2 rings (SSSR count). The van der Waals surface area contributed by atoms with Crippen LogP contribution in [0.2, 0.25) is 0 Å². The zero-order chi connectivity index (χ0) is 12.5. The number of benzene rings is 1. The van der Waals surface area contributed by atoms with E-state index in [1.165, 1.54) is 12.1 Å². The van der Waals surface area contributed by atoms with E-state index >= 15 is 0 Å². The first-order valence-electron chi connectivity index (χ1n) is 5.87.